The minimum atomic E-state index is 0.272. The van der Waals surface area contributed by atoms with Crippen molar-refractivity contribution >= 4 is 10.9 Å². The highest BCUT2D eigenvalue weighted by Crippen LogP contribution is 2.30. The third-order valence-electron chi connectivity index (χ3n) is 4.89. The smallest absolute Gasteiger partial charge is 0.147 e. The first-order valence-corrected chi connectivity index (χ1v) is 9.69. The van der Waals surface area contributed by atoms with E-state index in [1.165, 1.54) is 0 Å². The fraction of sp³-hybridized carbons (Fsp3) is 0.364. The van der Waals surface area contributed by atoms with Gasteiger partial charge in [-0.2, -0.15) is 10.4 Å². The highest BCUT2D eigenvalue weighted by Gasteiger charge is 2.14. The molecular formula is C22H23N3O4. The molecule has 0 atom stereocenters. The van der Waals surface area contributed by atoms with Crippen molar-refractivity contribution in [2.24, 2.45) is 7.05 Å². The lowest BCUT2D eigenvalue weighted by Crippen LogP contribution is -2.25. The van der Waals surface area contributed by atoms with Crippen LogP contribution in [0.2, 0.25) is 0 Å². The molecule has 0 radical (unpaired) electrons. The maximum atomic E-state index is 9.43. The van der Waals surface area contributed by atoms with Gasteiger partial charge in [0.25, 0.3) is 0 Å². The van der Waals surface area contributed by atoms with Crippen LogP contribution in [0.3, 0.4) is 0 Å². The van der Waals surface area contributed by atoms with Crippen molar-refractivity contribution in [1.29, 1.82) is 5.26 Å². The molecular weight excluding hydrogens is 370 g/mol. The maximum Gasteiger partial charge on any atom is 0.147 e. The van der Waals surface area contributed by atoms with Gasteiger partial charge in [-0.1, -0.05) is 0 Å². The van der Waals surface area contributed by atoms with E-state index in [9.17, 15) is 5.26 Å². The minimum Gasteiger partial charge on any atom is -0.491 e. The number of rotatable bonds is 7. The van der Waals surface area contributed by atoms with Gasteiger partial charge in [-0.3, -0.25) is 4.68 Å². The fourth-order valence-electron chi connectivity index (χ4n) is 3.30. The Bertz CT molecular complexity index is 1000. The predicted molar refractivity (Wildman–Crippen MR) is 107 cm³/mol. The summed E-state index contributed by atoms with van der Waals surface area (Å²) in [7, 11) is 1.86. The summed E-state index contributed by atoms with van der Waals surface area (Å²) in [5.41, 5.74) is 1.37. The van der Waals surface area contributed by atoms with E-state index in [4.69, 9.17) is 18.9 Å². The van der Waals surface area contributed by atoms with Gasteiger partial charge in [0.1, 0.15) is 29.9 Å². The lowest BCUT2D eigenvalue weighted by molar-refractivity contribution is -0.0388. The van der Waals surface area contributed by atoms with E-state index in [1.807, 2.05) is 37.4 Å². The van der Waals surface area contributed by atoms with Crippen LogP contribution in [0.4, 0.5) is 0 Å². The summed E-state index contributed by atoms with van der Waals surface area (Å²) in [4.78, 5) is 0. The Kier molecular flexibility index (Phi) is 5.94. The largest absolute Gasteiger partial charge is 0.491 e. The highest BCUT2D eigenvalue weighted by molar-refractivity contribution is 5.82. The molecule has 2 aromatic carbocycles. The second-order valence-electron chi connectivity index (χ2n) is 6.89. The summed E-state index contributed by atoms with van der Waals surface area (Å²) in [5.74, 6) is 1.88. The summed E-state index contributed by atoms with van der Waals surface area (Å²) in [5, 5.41) is 14.5. The molecule has 0 amide bonds. The van der Waals surface area contributed by atoms with Crippen LogP contribution in [0.25, 0.3) is 10.9 Å². The van der Waals surface area contributed by atoms with Crippen molar-refractivity contribution in [1.82, 2.24) is 9.78 Å². The van der Waals surface area contributed by atoms with Gasteiger partial charge in [-0.05, 0) is 43.2 Å². The number of aromatic nitrogens is 2. The Labute approximate surface area is 169 Å². The van der Waals surface area contributed by atoms with Gasteiger partial charge in [-0.15, -0.1) is 0 Å². The summed E-state index contributed by atoms with van der Waals surface area (Å²) in [6, 6.07) is 13.1. The molecule has 150 valence electrons. The molecule has 0 N–H and O–H groups in total. The van der Waals surface area contributed by atoms with Crippen LogP contribution in [-0.4, -0.2) is 42.3 Å². The highest BCUT2D eigenvalue weighted by atomic mass is 16.5. The van der Waals surface area contributed by atoms with E-state index in [0.717, 1.165) is 42.7 Å². The Morgan fingerprint density at radius 1 is 1.14 bits per heavy atom. The normalized spacial score (nSPS) is 14.6. The number of ether oxygens (including phenoxy) is 4. The number of hydrogen-bond acceptors (Lipinski definition) is 6. The zero-order valence-electron chi connectivity index (χ0n) is 16.3. The molecule has 0 aliphatic carbocycles. The summed E-state index contributed by atoms with van der Waals surface area (Å²) < 4.78 is 24.5. The van der Waals surface area contributed by atoms with Crippen molar-refractivity contribution in [3.05, 3.63) is 48.2 Å². The first kappa shape index (κ1) is 19.2. The number of fused-ring (bicyclic) bond motifs is 1. The van der Waals surface area contributed by atoms with Gasteiger partial charge in [0.15, 0.2) is 0 Å². The number of benzene rings is 2. The van der Waals surface area contributed by atoms with Crippen molar-refractivity contribution in [3.8, 4) is 23.3 Å². The number of aryl methyl sites for hydroxylation is 1. The lowest BCUT2D eigenvalue weighted by atomic mass is 10.1. The molecule has 1 aliphatic rings. The average Bonchev–Trinajstić information content (AvgIpc) is 3.12. The summed E-state index contributed by atoms with van der Waals surface area (Å²) in [6.45, 7) is 2.59. The van der Waals surface area contributed by atoms with Crippen LogP contribution in [0.15, 0.2) is 42.6 Å². The first-order chi connectivity index (χ1) is 14.2. The predicted octanol–water partition coefficient (Wildman–Crippen LogP) is 3.81. The average molecular weight is 393 g/mol. The second-order valence-corrected chi connectivity index (χ2v) is 6.89. The lowest BCUT2D eigenvalue weighted by Gasteiger charge is -2.22. The van der Waals surface area contributed by atoms with Crippen LogP contribution < -0.4 is 9.47 Å². The first-order valence-electron chi connectivity index (χ1n) is 9.69. The Morgan fingerprint density at radius 3 is 2.66 bits per heavy atom. The van der Waals surface area contributed by atoms with Gasteiger partial charge < -0.3 is 18.9 Å². The SMILES string of the molecule is Cn1ncc2cc(C#N)c(Oc3ccc(OCCOC4CCOCC4)cc3)cc21. The Hall–Kier alpha value is -3.08. The maximum absolute atomic E-state index is 9.43. The van der Waals surface area contributed by atoms with E-state index < -0.39 is 0 Å². The van der Waals surface area contributed by atoms with Crippen molar-refractivity contribution in [2.75, 3.05) is 26.4 Å². The van der Waals surface area contributed by atoms with Gasteiger partial charge in [0.2, 0.25) is 0 Å². The van der Waals surface area contributed by atoms with Gasteiger partial charge in [0, 0.05) is 31.7 Å². The van der Waals surface area contributed by atoms with Crippen molar-refractivity contribution < 1.29 is 18.9 Å². The molecule has 1 aromatic heterocycles. The number of nitrogens with zero attached hydrogens (tertiary/aromatic N) is 3. The van der Waals surface area contributed by atoms with Gasteiger partial charge >= 0.3 is 0 Å². The van der Waals surface area contributed by atoms with Crippen LogP contribution in [0.1, 0.15) is 18.4 Å². The van der Waals surface area contributed by atoms with Crippen molar-refractivity contribution in [3.63, 3.8) is 0 Å². The molecule has 4 rings (SSSR count). The summed E-state index contributed by atoms with van der Waals surface area (Å²) in [6.07, 6.45) is 3.90. The second kappa shape index (κ2) is 8.95. The molecule has 1 aliphatic heterocycles. The van der Waals surface area contributed by atoms with Crippen LogP contribution >= 0.6 is 0 Å². The zero-order chi connectivity index (χ0) is 20.1. The Morgan fingerprint density at radius 2 is 1.90 bits per heavy atom. The van der Waals surface area contributed by atoms with Crippen molar-refractivity contribution in [2.45, 2.75) is 18.9 Å². The molecule has 7 heteroatoms. The van der Waals surface area contributed by atoms with E-state index in [1.54, 1.807) is 16.9 Å². The van der Waals surface area contributed by atoms with E-state index >= 15 is 0 Å². The molecule has 29 heavy (non-hydrogen) atoms. The van der Waals surface area contributed by atoms with E-state index in [2.05, 4.69) is 11.2 Å². The molecule has 1 saturated heterocycles. The monoisotopic (exact) mass is 393 g/mol. The molecule has 0 bridgehead atoms. The van der Waals surface area contributed by atoms with E-state index in [-0.39, 0.29) is 6.10 Å². The zero-order valence-corrected chi connectivity index (χ0v) is 16.3. The third-order valence-corrected chi connectivity index (χ3v) is 4.89. The minimum absolute atomic E-state index is 0.272. The quantitative estimate of drug-likeness (QED) is 0.568. The number of hydrogen-bond donors (Lipinski definition) is 0. The molecule has 7 nitrogen and oxygen atoms in total. The van der Waals surface area contributed by atoms with Gasteiger partial charge in [0.05, 0.1) is 30.0 Å². The molecule has 0 spiro atoms. The van der Waals surface area contributed by atoms with Crippen LogP contribution in [0, 0.1) is 11.3 Å². The molecule has 0 unspecified atom stereocenters. The molecule has 1 fully saturated rings. The molecule has 3 aromatic rings. The number of nitriles is 1. The van der Waals surface area contributed by atoms with Gasteiger partial charge in [-0.25, -0.2) is 0 Å². The Balaban J connectivity index is 1.34. The molecule has 2 heterocycles. The molecule has 0 saturated carbocycles. The third kappa shape index (κ3) is 4.67. The fourth-order valence-corrected chi connectivity index (χ4v) is 3.30. The topological polar surface area (TPSA) is 78.5 Å². The standard InChI is InChI=1S/C22H23N3O4/c1-25-21-13-22(16(14-23)12-17(21)15-24-25)29-20-4-2-18(3-5-20)27-10-11-28-19-6-8-26-9-7-19/h2-5,12-13,15,19H,6-11H2,1H3. The van der Waals surface area contributed by atoms with Crippen LogP contribution in [0.5, 0.6) is 17.2 Å². The van der Waals surface area contributed by atoms with E-state index in [0.29, 0.717) is 30.3 Å². The summed E-state index contributed by atoms with van der Waals surface area (Å²) >= 11 is 0. The van der Waals surface area contributed by atoms with Crippen LogP contribution in [-0.2, 0) is 16.5 Å².